The molecule has 2 aliphatic rings. The van der Waals surface area contributed by atoms with Crippen LogP contribution in [0, 0.1) is 5.41 Å². The van der Waals surface area contributed by atoms with Crippen molar-refractivity contribution in [3.63, 3.8) is 0 Å². The predicted octanol–water partition coefficient (Wildman–Crippen LogP) is 2.36. The molecule has 0 aliphatic heterocycles. The molecule has 0 spiro atoms. The zero-order valence-electron chi connectivity index (χ0n) is 12.7. The number of amides is 1. The summed E-state index contributed by atoms with van der Waals surface area (Å²) >= 11 is 0. The minimum absolute atomic E-state index is 0.114. The van der Waals surface area contributed by atoms with E-state index in [2.05, 4.69) is 5.32 Å². The van der Waals surface area contributed by atoms with Gasteiger partial charge in [0.25, 0.3) is 0 Å². The quantitative estimate of drug-likeness (QED) is 0.672. The van der Waals surface area contributed by atoms with Crippen LogP contribution in [0.15, 0.2) is 0 Å². The van der Waals surface area contributed by atoms with Crippen molar-refractivity contribution in [3.05, 3.63) is 0 Å². The molecule has 0 heterocycles. The first-order valence-electron chi connectivity index (χ1n) is 8.32. The monoisotopic (exact) mass is 282 g/mol. The number of nitrogens with two attached hydrogens (primary N) is 1. The van der Waals surface area contributed by atoms with Crippen LogP contribution < -0.4 is 11.1 Å². The highest BCUT2D eigenvalue weighted by atomic mass is 16.5. The molecule has 4 heteroatoms. The highest BCUT2D eigenvalue weighted by Crippen LogP contribution is 2.42. The molecule has 0 unspecified atom stereocenters. The molecule has 116 valence electrons. The van der Waals surface area contributed by atoms with Crippen molar-refractivity contribution >= 4 is 5.91 Å². The Kier molecular flexibility index (Phi) is 6.30. The molecule has 2 fully saturated rings. The number of rotatable bonds is 8. The summed E-state index contributed by atoms with van der Waals surface area (Å²) in [5, 5.41) is 3.00. The van der Waals surface area contributed by atoms with E-state index in [1.54, 1.807) is 0 Å². The molecule has 4 nitrogen and oxygen atoms in total. The Bertz CT molecular complexity index is 291. The summed E-state index contributed by atoms with van der Waals surface area (Å²) < 4.78 is 5.85. The Labute approximate surface area is 122 Å². The average Bonchev–Trinajstić information content (AvgIpc) is 2.44. The van der Waals surface area contributed by atoms with E-state index in [0.717, 1.165) is 32.4 Å². The molecule has 1 amide bonds. The van der Waals surface area contributed by atoms with E-state index in [-0.39, 0.29) is 11.3 Å². The summed E-state index contributed by atoms with van der Waals surface area (Å²) in [4.78, 5) is 11.9. The van der Waals surface area contributed by atoms with E-state index in [4.69, 9.17) is 10.5 Å². The van der Waals surface area contributed by atoms with Crippen molar-refractivity contribution in [1.29, 1.82) is 0 Å². The maximum Gasteiger partial charge on any atom is 0.220 e. The summed E-state index contributed by atoms with van der Waals surface area (Å²) in [6, 6.07) is 0. The second-order valence-corrected chi connectivity index (χ2v) is 6.57. The summed E-state index contributed by atoms with van der Waals surface area (Å²) in [7, 11) is 0. The average molecular weight is 282 g/mol. The van der Waals surface area contributed by atoms with Crippen molar-refractivity contribution in [2.24, 2.45) is 11.1 Å². The van der Waals surface area contributed by atoms with Crippen LogP contribution in [0.1, 0.15) is 64.2 Å². The zero-order valence-corrected chi connectivity index (χ0v) is 12.7. The van der Waals surface area contributed by atoms with Crippen LogP contribution >= 0.6 is 0 Å². The van der Waals surface area contributed by atoms with Gasteiger partial charge in [0.15, 0.2) is 0 Å². The van der Waals surface area contributed by atoms with Gasteiger partial charge in [0, 0.05) is 19.6 Å². The fraction of sp³-hybridized carbons (Fsp3) is 0.938. The molecule has 0 aromatic heterocycles. The standard InChI is InChI=1S/C16H30N2O2/c17-13-16(8-4-9-16)12-15(19)18-10-5-11-20-14-6-2-1-3-7-14/h14H,1-13,17H2,(H,18,19). The maximum atomic E-state index is 11.9. The molecule has 0 saturated heterocycles. The van der Waals surface area contributed by atoms with Crippen LogP contribution in [0.25, 0.3) is 0 Å². The molecule has 0 atom stereocenters. The first-order valence-corrected chi connectivity index (χ1v) is 8.32. The summed E-state index contributed by atoms with van der Waals surface area (Å²) in [6.45, 7) is 2.14. The first-order chi connectivity index (χ1) is 9.74. The van der Waals surface area contributed by atoms with Gasteiger partial charge in [-0.05, 0) is 44.1 Å². The molecular weight excluding hydrogens is 252 g/mol. The lowest BCUT2D eigenvalue weighted by Gasteiger charge is -2.40. The molecule has 3 N–H and O–H groups in total. The van der Waals surface area contributed by atoms with Gasteiger partial charge >= 0.3 is 0 Å². The zero-order chi connectivity index (χ0) is 14.3. The van der Waals surface area contributed by atoms with Gasteiger partial charge in [-0.1, -0.05) is 25.7 Å². The number of carbonyl (C=O) groups is 1. The van der Waals surface area contributed by atoms with Gasteiger partial charge in [0.1, 0.15) is 0 Å². The van der Waals surface area contributed by atoms with Crippen molar-refractivity contribution in [2.75, 3.05) is 19.7 Å². The molecule has 0 aromatic rings. The fourth-order valence-electron chi connectivity index (χ4n) is 3.31. The van der Waals surface area contributed by atoms with E-state index < -0.39 is 0 Å². The van der Waals surface area contributed by atoms with Crippen molar-refractivity contribution < 1.29 is 9.53 Å². The highest BCUT2D eigenvalue weighted by molar-refractivity contribution is 5.76. The number of ether oxygens (including phenoxy) is 1. The van der Waals surface area contributed by atoms with Gasteiger partial charge < -0.3 is 15.8 Å². The second-order valence-electron chi connectivity index (χ2n) is 6.57. The molecule has 0 bridgehead atoms. The lowest BCUT2D eigenvalue weighted by molar-refractivity contribution is -0.124. The van der Waals surface area contributed by atoms with Crippen LogP contribution in [-0.4, -0.2) is 31.7 Å². The Morgan fingerprint density at radius 3 is 2.55 bits per heavy atom. The molecule has 2 saturated carbocycles. The summed E-state index contributed by atoms with van der Waals surface area (Å²) in [5.41, 5.74) is 5.89. The minimum Gasteiger partial charge on any atom is -0.378 e. The predicted molar refractivity (Wildman–Crippen MR) is 80.4 cm³/mol. The summed E-state index contributed by atoms with van der Waals surface area (Å²) in [6.07, 6.45) is 11.8. The van der Waals surface area contributed by atoms with Gasteiger partial charge in [-0.2, -0.15) is 0 Å². The van der Waals surface area contributed by atoms with Gasteiger partial charge in [-0.25, -0.2) is 0 Å². The lowest BCUT2D eigenvalue weighted by atomic mass is 9.66. The minimum atomic E-state index is 0.114. The third-order valence-corrected chi connectivity index (χ3v) is 4.93. The fourth-order valence-corrected chi connectivity index (χ4v) is 3.31. The van der Waals surface area contributed by atoms with Gasteiger partial charge in [0.2, 0.25) is 5.91 Å². The number of nitrogens with one attached hydrogen (secondary N) is 1. The van der Waals surface area contributed by atoms with Crippen LogP contribution in [0.2, 0.25) is 0 Å². The second kappa shape index (κ2) is 7.99. The highest BCUT2D eigenvalue weighted by Gasteiger charge is 2.37. The van der Waals surface area contributed by atoms with E-state index in [0.29, 0.717) is 19.1 Å². The van der Waals surface area contributed by atoms with Gasteiger partial charge in [-0.15, -0.1) is 0 Å². The normalized spacial score (nSPS) is 22.2. The van der Waals surface area contributed by atoms with Crippen LogP contribution in [0.5, 0.6) is 0 Å². The van der Waals surface area contributed by atoms with Crippen LogP contribution in [-0.2, 0) is 9.53 Å². The van der Waals surface area contributed by atoms with Crippen molar-refractivity contribution in [3.8, 4) is 0 Å². The van der Waals surface area contributed by atoms with E-state index >= 15 is 0 Å². The van der Waals surface area contributed by atoms with E-state index in [9.17, 15) is 4.79 Å². The number of hydrogen-bond acceptors (Lipinski definition) is 3. The Morgan fingerprint density at radius 2 is 1.95 bits per heavy atom. The lowest BCUT2D eigenvalue weighted by Crippen LogP contribution is -2.42. The Balaban J connectivity index is 1.49. The topological polar surface area (TPSA) is 64.4 Å². The van der Waals surface area contributed by atoms with Gasteiger partial charge in [0.05, 0.1) is 6.10 Å². The van der Waals surface area contributed by atoms with Crippen LogP contribution in [0.4, 0.5) is 0 Å². The van der Waals surface area contributed by atoms with E-state index in [1.807, 2.05) is 0 Å². The Morgan fingerprint density at radius 1 is 1.20 bits per heavy atom. The molecule has 0 aromatic carbocycles. The van der Waals surface area contributed by atoms with Crippen molar-refractivity contribution in [1.82, 2.24) is 5.32 Å². The first kappa shape index (κ1) is 15.8. The third-order valence-electron chi connectivity index (χ3n) is 4.93. The molecule has 20 heavy (non-hydrogen) atoms. The molecule has 2 rings (SSSR count). The molecule has 0 radical (unpaired) electrons. The van der Waals surface area contributed by atoms with E-state index in [1.165, 1.54) is 38.5 Å². The van der Waals surface area contributed by atoms with Gasteiger partial charge in [-0.3, -0.25) is 4.79 Å². The third kappa shape index (κ3) is 4.74. The van der Waals surface area contributed by atoms with Crippen LogP contribution in [0.3, 0.4) is 0 Å². The number of carbonyl (C=O) groups excluding carboxylic acids is 1. The largest absolute Gasteiger partial charge is 0.378 e. The SMILES string of the molecule is NCC1(CC(=O)NCCCOC2CCCCC2)CCC1. The Hall–Kier alpha value is -0.610. The van der Waals surface area contributed by atoms with Crippen molar-refractivity contribution in [2.45, 2.75) is 70.3 Å². The number of hydrogen-bond donors (Lipinski definition) is 2. The smallest absolute Gasteiger partial charge is 0.220 e. The summed E-state index contributed by atoms with van der Waals surface area (Å²) in [5.74, 6) is 0.160. The molecular formula is C16H30N2O2. The maximum absolute atomic E-state index is 11.9. The molecule has 2 aliphatic carbocycles.